The Hall–Kier alpha value is -1.94. The maximum atomic E-state index is 13.1. The van der Waals surface area contributed by atoms with Crippen molar-refractivity contribution in [2.75, 3.05) is 25.1 Å². The standard InChI is InChI=1S/C17H21N3O5S2/c1-19(11-5-8-27(24,25)10-11)14(21)9-20-15(22)17(18-16(20)23)6-2-3-13-12(17)4-7-26-13/h4,7,11H,2-3,5-6,8-10H2,1H3,(H,18,23)/t11-,17+/m0/s1. The largest absolute Gasteiger partial charge is 0.340 e. The summed E-state index contributed by atoms with van der Waals surface area (Å²) in [6, 6.07) is 0.897. The van der Waals surface area contributed by atoms with Crippen LogP contribution in [0.15, 0.2) is 11.4 Å². The predicted molar refractivity (Wildman–Crippen MR) is 99.0 cm³/mol. The summed E-state index contributed by atoms with van der Waals surface area (Å²) >= 11 is 1.57. The summed E-state index contributed by atoms with van der Waals surface area (Å²) in [5, 5.41) is 4.73. The van der Waals surface area contributed by atoms with Crippen molar-refractivity contribution in [3.8, 4) is 0 Å². The first kappa shape index (κ1) is 18.4. The van der Waals surface area contributed by atoms with E-state index in [2.05, 4.69) is 5.32 Å². The number of urea groups is 1. The van der Waals surface area contributed by atoms with Gasteiger partial charge in [-0.25, -0.2) is 13.2 Å². The molecule has 1 aromatic heterocycles. The molecule has 0 bridgehead atoms. The highest BCUT2D eigenvalue weighted by Crippen LogP contribution is 2.42. The first-order valence-corrected chi connectivity index (χ1v) is 11.6. The average molecular weight is 412 g/mol. The predicted octanol–water partition coefficient (Wildman–Crippen LogP) is 0.477. The summed E-state index contributed by atoms with van der Waals surface area (Å²) in [7, 11) is -1.60. The summed E-state index contributed by atoms with van der Waals surface area (Å²) < 4.78 is 23.3. The van der Waals surface area contributed by atoms with Crippen LogP contribution in [-0.4, -0.2) is 67.2 Å². The van der Waals surface area contributed by atoms with Crippen LogP contribution in [0, 0.1) is 0 Å². The molecule has 2 aliphatic heterocycles. The van der Waals surface area contributed by atoms with Gasteiger partial charge in [0.1, 0.15) is 12.1 Å². The molecule has 2 saturated heterocycles. The van der Waals surface area contributed by atoms with Crippen LogP contribution < -0.4 is 5.32 Å². The van der Waals surface area contributed by atoms with E-state index >= 15 is 0 Å². The molecule has 0 aromatic carbocycles. The number of rotatable bonds is 3. The van der Waals surface area contributed by atoms with E-state index in [0.717, 1.165) is 28.2 Å². The van der Waals surface area contributed by atoms with E-state index in [0.29, 0.717) is 12.8 Å². The SMILES string of the molecule is CN(C(=O)CN1C(=O)N[C@@]2(CCCc3sccc32)C1=O)[C@H]1CCS(=O)(=O)C1. The molecule has 0 unspecified atom stereocenters. The number of likely N-dealkylation sites (N-methyl/N-ethyl adjacent to an activating group) is 1. The number of nitrogens with one attached hydrogen (secondary N) is 1. The van der Waals surface area contributed by atoms with Crippen molar-refractivity contribution in [2.45, 2.75) is 37.3 Å². The van der Waals surface area contributed by atoms with Crippen LogP contribution >= 0.6 is 11.3 Å². The lowest BCUT2D eigenvalue weighted by atomic mass is 9.80. The normalized spacial score (nSPS) is 29.1. The van der Waals surface area contributed by atoms with E-state index in [1.165, 1.54) is 11.9 Å². The Bertz CT molecular complexity index is 925. The fourth-order valence-corrected chi connectivity index (χ4v) is 6.99. The number of carbonyl (C=O) groups excluding carboxylic acids is 3. The Morgan fingerprint density at radius 2 is 2.22 bits per heavy atom. The third-order valence-electron chi connectivity index (χ3n) is 5.78. The number of fused-ring (bicyclic) bond motifs is 2. The van der Waals surface area contributed by atoms with Crippen LogP contribution in [0.1, 0.15) is 29.7 Å². The molecule has 3 heterocycles. The first-order chi connectivity index (χ1) is 12.7. The zero-order chi connectivity index (χ0) is 19.4. The van der Waals surface area contributed by atoms with E-state index in [9.17, 15) is 22.8 Å². The molecule has 1 N–H and O–H groups in total. The molecular weight excluding hydrogens is 390 g/mol. The van der Waals surface area contributed by atoms with Crippen LogP contribution in [0.3, 0.4) is 0 Å². The first-order valence-electron chi connectivity index (χ1n) is 8.90. The zero-order valence-electron chi connectivity index (χ0n) is 14.9. The Labute approximate surface area is 161 Å². The van der Waals surface area contributed by atoms with Crippen LogP contribution in [0.5, 0.6) is 0 Å². The second kappa shape index (κ2) is 6.30. The molecule has 3 aliphatic rings. The average Bonchev–Trinajstić information content (AvgIpc) is 3.29. The van der Waals surface area contributed by atoms with Gasteiger partial charge in [-0.05, 0) is 37.1 Å². The number of amides is 4. The molecule has 10 heteroatoms. The number of imide groups is 1. The van der Waals surface area contributed by atoms with Gasteiger partial charge in [0.25, 0.3) is 5.91 Å². The second-order valence-corrected chi connectivity index (χ2v) is 10.6. The van der Waals surface area contributed by atoms with Crippen molar-refractivity contribution in [2.24, 2.45) is 0 Å². The summed E-state index contributed by atoms with van der Waals surface area (Å²) in [6.07, 6.45) is 2.58. The quantitative estimate of drug-likeness (QED) is 0.729. The van der Waals surface area contributed by atoms with E-state index in [1.807, 2.05) is 11.4 Å². The number of nitrogens with zero attached hydrogens (tertiary/aromatic N) is 2. The minimum absolute atomic E-state index is 0.0580. The number of hydrogen-bond acceptors (Lipinski definition) is 6. The summed E-state index contributed by atoms with van der Waals surface area (Å²) in [5.41, 5.74) is -0.234. The van der Waals surface area contributed by atoms with Crippen LogP contribution in [0.25, 0.3) is 0 Å². The summed E-state index contributed by atoms with van der Waals surface area (Å²) in [6.45, 7) is -0.376. The third kappa shape index (κ3) is 2.94. The monoisotopic (exact) mass is 411 g/mol. The van der Waals surface area contributed by atoms with Gasteiger partial charge in [-0.3, -0.25) is 14.5 Å². The van der Waals surface area contributed by atoms with Crippen molar-refractivity contribution in [3.05, 3.63) is 21.9 Å². The van der Waals surface area contributed by atoms with Gasteiger partial charge in [0.15, 0.2) is 9.84 Å². The van der Waals surface area contributed by atoms with Crippen molar-refractivity contribution in [1.82, 2.24) is 15.1 Å². The van der Waals surface area contributed by atoms with Gasteiger partial charge in [0.2, 0.25) is 5.91 Å². The molecule has 2 atom stereocenters. The molecule has 0 saturated carbocycles. The number of aryl methyl sites for hydroxylation is 1. The fourth-order valence-electron chi connectivity index (χ4n) is 4.22. The summed E-state index contributed by atoms with van der Waals surface area (Å²) in [5.74, 6) is -0.841. The molecule has 1 spiro atoms. The van der Waals surface area contributed by atoms with Crippen molar-refractivity contribution in [3.63, 3.8) is 0 Å². The summed E-state index contributed by atoms with van der Waals surface area (Å²) in [4.78, 5) is 41.6. The molecule has 0 radical (unpaired) electrons. The van der Waals surface area contributed by atoms with E-state index in [4.69, 9.17) is 0 Å². The third-order valence-corrected chi connectivity index (χ3v) is 8.51. The van der Waals surface area contributed by atoms with Gasteiger partial charge in [0.05, 0.1) is 11.5 Å². The van der Waals surface area contributed by atoms with Gasteiger partial charge in [0, 0.05) is 23.5 Å². The van der Waals surface area contributed by atoms with Gasteiger partial charge in [-0.15, -0.1) is 11.3 Å². The number of sulfone groups is 1. The highest BCUT2D eigenvalue weighted by Gasteiger charge is 2.54. The smallest absolute Gasteiger partial charge is 0.325 e. The molecule has 2 fully saturated rings. The second-order valence-electron chi connectivity index (χ2n) is 7.40. The highest BCUT2D eigenvalue weighted by atomic mass is 32.2. The number of carbonyl (C=O) groups is 3. The zero-order valence-corrected chi connectivity index (χ0v) is 16.6. The molecule has 27 heavy (non-hydrogen) atoms. The van der Waals surface area contributed by atoms with Crippen molar-refractivity contribution < 1.29 is 22.8 Å². The fraction of sp³-hybridized carbons (Fsp3) is 0.588. The molecule has 146 valence electrons. The molecule has 4 amide bonds. The topological polar surface area (TPSA) is 104 Å². The maximum absolute atomic E-state index is 13.1. The molecule has 4 rings (SSSR count). The lowest BCUT2D eigenvalue weighted by molar-refractivity contribution is -0.139. The Morgan fingerprint density at radius 1 is 1.44 bits per heavy atom. The number of hydrogen-bond donors (Lipinski definition) is 1. The molecule has 1 aromatic rings. The highest BCUT2D eigenvalue weighted by molar-refractivity contribution is 7.91. The minimum Gasteiger partial charge on any atom is -0.340 e. The van der Waals surface area contributed by atoms with E-state index in [1.54, 1.807) is 11.3 Å². The molecule has 8 nitrogen and oxygen atoms in total. The Kier molecular flexibility index (Phi) is 4.30. The lowest BCUT2D eigenvalue weighted by Gasteiger charge is -2.31. The van der Waals surface area contributed by atoms with Crippen LogP contribution in [-0.2, 0) is 31.4 Å². The number of thiophene rings is 1. The minimum atomic E-state index is -3.12. The maximum Gasteiger partial charge on any atom is 0.325 e. The lowest BCUT2D eigenvalue weighted by Crippen LogP contribution is -2.48. The van der Waals surface area contributed by atoms with Crippen LogP contribution in [0.4, 0.5) is 4.79 Å². The molecule has 1 aliphatic carbocycles. The van der Waals surface area contributed by atoms with E-state index < -0.39 is 39.3 Å². The van der Waals surface area contributed by atoms with Gasteiger partial charge in [-0.1, -0.05) is 0 Å². The Morgan fingerprint density at radius 3 is 2.93 bits per heavy atom. The van der Waals surface area contributed by atoms with Gasteiger partial charge >= 0.3 is 6.03 Å². The molecular formula is C17H21N3O5S2. The van der Waals surface area contributed by atoms with Gasteiger partial charge < -0.3 is 10.2 Å². The van der Waals surface area contributed by atoms with Crippen molar-refractivity contribution in [1.29, 1.82) is 0 Å². The Balaban J connectivity index is 1.52. The van der Waals surface area contributed by atoms with Gasteiger partial charge in [-0.2, -0.15) is 0 Å². The van der Waals surface area contributed by atoms with E-state index in [-0.39, 0.29) is 18.1 Å². The van der Waals surface area contributed by atoms with Crippen molar-refractivity contribution >= 4 is 39.0 Å². The van der Waals surface area contributed by atoms with Crippen LogP contribution in [0.2, 0.25) is 0 Å².